The van der Waals surface area contributed by atoms with Crippen molar-refractivity contribution < 1.29 is 9.47 Å². The van der Waals surface area contributed by atoms with Crippen LogP contribution >= 0.6 is 15.9 Å². The molecule has 0 atom stereocenters. The van der Waals surface area contributed by atoms with Crippen LogP contribution in [0.5, 0.6) is 5.75 Å². The molecule has 1 aromatic carbocycles. The molecule has 1 rings (SSSR count). The van der Waals surface area contributed by atoms with Gasteiger partial charge < -0.3 is 9.47 Å². The van der Waals surface area contributed by atoms with Crippen LogP contribution in [0.4, 0.5) is 0 Å². The van der Waals surface area contributed by atoms with Crippen molar-refractivity contribution in [3.05, 3.63) is 28.2 Å². The summed E-state index contributed by atoms with van der Waals surface area (Å²) in [4.78, 5) is 0. The molecule has 0 aliphatic rings. The highest BCUT2D eigenvalue weighted by Crippen LogP contribution is 2.23. The summed E-state index contributed by atoms with van der Waals surface area (Å²) in [5, 5.41) is 0. The standard InChI is InChI=1S/C15H23BrO2/c1-3-4-5-6-7-10-18-12-13-11-14(16)8-9-15(13)17-2/h8-9,11H,3-7,10,12H2,1-2H3. The number of benzene rings is 1. The van der Waals surface area contributed by atoms with Gasteiger partial charge in [0.2, 0.25) is 0 Å². The lowest BCUT2D eigenvalue weighted by molar-refractivity contribution is 0.115. The van der Waals surface area contributed by atoms with Crippen LogP contribution in [0, 0.1) is 0 Å². The van der Waals surface area contributed by atoms with Crippen molar-refractivity contribution in [2.24, 2.45) is 0 Å². The molecule has 0 aliphatic carbocycles. The Kier molecular flexibility index (Phi) is 8.10. The Morgan fingerprint density at radius 2 is 1.89 bits per heavy atom. The van der Waals surface area contributed by atoms with Gasteiger partial charge in [0.15, 0.2) is 0 Å². The maximum absolute atomic E-state index is 5.70. The second kappa shape index (κ2) is 9.40. The SMILES string of the molecule is CCCCCCCOCc1cc(Br)ccc1OC. The van der Waals surface area contributed by atoms with Crippen molar-refractivity contribution >= 4 is 15.9 Å². The highest BCUT2D eigenvalue weighted by molar-refractivity contribution is 9.10. The first-order valence-corrected chi connectivity index (χ1v) is 7.47. The summed E-state index contributed by atoms with van der Waals surface area (Å²) in [7, 11) is 1.69. The Bertz CT molecular complexity index is 339. The summed E-state index contributed by atoms with van der Waals surface area (Å²) in [5.74, 6) is 0.893. The van der Waals surface area contributed by atoms with E-state index in [1.165, 1.54) is 25.7 Å². The number of unbranched alkanes of at least 4 members (excludes halogenated alkanes) is 4. The zero-order chi connectivity index (χ0) is 13.2. The Morgan fingerprint density at radius 1 is 1.11 bits per heavy atom. The van der Waals surface area contributed by atoms with Crippen molar-refractivity contribution in [1.29, 1.82) is 0 Å². The first kappa shape index (κ1) is 15.5. The molecule has 102 valence electrons. The minimum Gasteiger partial charge on any atom is -0.496 e. The third-order valence-electron chi connectivity index (χ3n) is 2.89. The van der Waals surface area contributed by atoms with Gasteiger partial charge >= 0.3 is 0 Å². The minimum absolute atomic E-state index is 0.621. The molecule has 0 spiro atoms. The van der Waals surface area contributed by atoms with E-state index < -0.39 is 0 Å². The molecule has 0 saturated carbocycles. The molecule has 0 aliphatic heterocycles. The molecule has 0 unspecified atom stereocenters. The third-order valence-corrected chi connectivity index (χ3v) is 3.39. The van der Waals surface area contributed by atoms with Gasteiger partial charge in [0.1, 0.15) is 5.75 Å². The smallest absolute Gasteiger partial charge is 0.124 e. The van der Waals surface area contributed by atoms with Crippen LogP contribution in [-0.4, -0.2) is 13.7 Å². The van der Waals surface area contributed by atoms with Gasteiger partial charge in [-0.25, -0.2) is 0 Å². The molecule has 18 heavy (non-hydrogen) atoms. The topological polar surface area (TPSA) is 18.5 Å². The normalized spacial score (nSPS) is 10.6. The van der Waals surface area contributed by atoms with E-state index in [4.69, 9.17) is 9.47 Å². The second-order valence-electron chi connectivity index (χ2n) is 4.42. The van der Waals surface area contributed by atoms with Crippen LogP contribution in [0.1, 0.15) is 44.6 Å². The average Bonchev–Trinajstić information content (AvgIpc) is 2.38. The predicted octanol–water partition coefficient (Wildman–Crippen LogP) is 4.94. The lowest BCUT2D eigenvalue weighted by Crippen LogP contribution is -1.98. The summed E-state index contributed by atoms with van der Waals surface area (Å²) in [6.45, 7) is 3.69. The zero-order valence-corrected chi connectivity index (χ0v) is 13.0. The lowest BCUT2D eigenvalue weighted by Gasteiger charge is -2.09. The summed E-state index contributed by atoms with van der Waals surface area (Å²) in [6.07, 6.45) is 6.36. The van der Waals surface area contributed by atoms with E-state index >= 15 is 0 Å². The fraction of sp³-hybridized carbons (Fsp3) is 0.600. The third kappa shape index (κ3) is 5.87. The van der Waals surface area contributed by atoms with E-state index in [-0.39, 0.29) is 0 Å². The molecule has 2 nitrogen and oxygen atoms in total. The van der Waals surface area contributed by atoms with Gasteiger partial charge in [-0.15, -0.1) is 0 Å². The van der Waals surface area contributed by atoms with Gasteiger partial charge in [-0.1, -0.05) is 48.5 Å². The van der Waals surface area contributed by atoms with Crippen molar-refractivity contribution in [2.75, 3.05) is 13.7 Å². The van der Waals surface area contributed by atoms with E-state index in [2.05, 4.69) is 28.9 Å². The Hall–Kier alpha value is -0.540. The zero-order valence-electron chi connectivity index (χ0n) is 11.4. The number of ether oxygens (including phenoxy) is 2. The summed E-state index contributed by atoms with van der Waals surface area (Å²) in [6, 6.07) is 5.99. The van der Waals surface area contributed by atoms with Gasteiger partial charge in [-0.2, -0.15) is 0 Å². The van der Waals surface area contributed by atoms with Crippen molar-refractivity contribution in [3.63, 3.8) is 0 Å². The highest BCUT2D eigenvalue weighted by Gasteiger charge is 2.03. The quantitative estimate of drug-likeness (QED) is 0.601. The van der Waals surface area contributed by atoms with Crippen LogP contribution in [-0.2, 0) is 11.3 Å². The number of methoxy groups -OCH3 is 1. The van der Waals surface area contributed by atoms with Crippen molar-refractivity contribution in [2.45, 2.75) is 45.6 Å². The number of hydrogen-bond acceptors (Lipinski definition) is 2. The molecule has 1 aromatic rings. The van der Waals surface area contributed by atoms with Crippen LogP contribution in [0.25, 0.3) is 0 Å². The van der Waals surface area contributed by atoms with Gasteiger partial charge in [0.05, 0.1) is 13.7 Å². The molecule has 0 saturated heterocycles. The van der Waals surface area contributed by atoms with Gasteiger partial charge in [0.25, 0.3) is 0 Å². The lowest BCUT2D eigenvalue weighted by atomic mass is 10.2. The molecule has 3 heteroatoms. The van der Waals surface area contributed by atoms with Gasteiger partial charge in [-0.05, 0) is 24.6 Å². The summed E-state index contributed by atoms with van der Waals surface area (Å²) >= 11 is 3.47. The maximum atomic E-state index is 5.70. The number of rotatable bonds is 9. The van der Waals surface area contributed by atoms with E-state index in [1.807, 2.05) is 12.1 Å². The average molecular weight is 315 g/mol. The predicted molar refractivity (Wildman–Crippen MR) is 79.1 cm³/mol. The van der Waals surface area contributed by atoms with Crippen LogP contribution in [0.3, 0.4) is 0 Å². The van der Waals surface area contributed by atoms with Crippen molar-refractivity contribution in [3.8, 4) is 5.75 Å². The van der Waals surface area contributed by atoms with Crippen LogP contribution < -0.4 is 4.74 Å². The minimum atomic E-state index is 0.621. The first-order valence-electron chi connectivity index (χ1n) is 6.68. The summed E-state index contributed by atoms with van der Waals surface area (Å²) in [5.41, 5.74) is 1.10. The molecule has 0 bridgehead atoms. The summed E-state index contributed by atoms with van der Waals surface area (Å²) < 4.78 is 12.1. The molecule has 0 fully saturated rings. The van der Waals surface area contributed by atoms with Crippen LogP contribution in [0.15, 0.2) is 22.7 Å². The van der Waals surface area contributed by atoms with Gasteiger partial charge in [-0.3, -0.25) is 0 Å². The number of halogens is 1. The fourth-order valence-electron chi connectivity index (χ4n) is 1.85. The highest BCUT2D eigenvalue weighted by atomic mass is 79.9. The molecular weight excluding hydrogens is 292 g/mol. The van der Waals surface area contributed by atoms with Crippen molar-refractivity contribution in [1.82, 2.24) is 0 Å². The largest absolute Gasteiger partial charge is 0.496 e. The maximum Gasteiger partial charge on any atom is 0.124 e. The van der Waals surface area contributed by atoms with E-state index in [0.29, 0.717) is 6.61 Å². The fourth-order valence-corrected chi connectivity index (χ4v) is 2.26. The van der Waals surface area contributed by atoms with E-state index in [1.54, 1.807) is 7.11 Å². The molecule has 0 heterocycles. The molecule has 0 amide bonds. The monoisotopic (exact) mass is 314 g/mol. The molecule has 0 N–H and O–H groups in total. The first-order chi connectivity index (χ1) is 8.77. The van der Waals surface area contributed by atoms with E-state index in [0.717, 1.165) is 28.8 Å². The molecule has 0 radical (unpaired) electrons. The number of hydrogen-bond donors (Lipinski definition) is 0. The second-order valence-corrected chi connectivity index (χ2v) is 5.34. The van der Waals surface area contributed by atoms with E-state index in [9.17, 15) is 0 Å². The van der Waals surface area contributed by atoms with Gasteiger partial charge in [0, 0.05) is 16.6 Å². The Balaban J connectivity index is 2.24. The Morgan fingerprint density at radius 3 is 2.61 bits per heavy atom. The van der Waals surface area contributed by atoms with Crippen LogP contribution in [0.2, 0.25) is 0 Å². The molecular formula is C15H23BrO2. The molecule has 0 aromatic heterocycles. The Labute approximate surface area is 119 Å².